The third-order valence-electron chi connectivity index (χ3n) is 5.12. The molecule has 2 aromatic rings. The summed E-state index contributed by atoms with van der Waals surface area (Å²) in [5.41, 5.74) is 0. The molecule has 0 saturated heterocycles. The fraction of sp³-hybridized carbons (Fsp3) is 0.875. The maximum Gasteiger partial charge on any atom is 0.177 e. The van der Waals surface area contributed by atoms with E-state index in [1.165, 1.54) is 64.2 Å². The molecule has 2 heterocycles. The topological polar surface area (TPSA) is 87.2 Å². The van der Waals surface area contributed by atoms with E-state index >= 15 is 0 Å². The molecule has 0 N–H and O–H groups in total. The number of aromatic nitrogens is 8. The smallest absolute Gasteiger partial charge is 0.177 e. The number of hydrogen-bond donors (Lipinski definition) is 0. The standard InChI is InChI=1S/2C8H14N4/c1-12-8(9-10-11-12)7-5-3-2-4-6-7;1-12-10-8(9-11-12)7-5-3-2-4-6-7/h2*7H,2-6H2,1H3. The Bertz CT molecular complexity index is 607. The molecule has 0 spiro atoms. The van der Waals surface area contributed by atoms with Crippen LogP contribution in [-0.2, 0) is 14.1 Å². The van der Waals surface area contributed by atoms with E-state index in [2.05, 4.69) is 30.9 Å². The molecule has 2 aromatic heterocycles. The van der Waals surface area contributed by atoms with Crippen LogP contribution in [0.1, 0.15) is 87.7 Å². The molecule has 132 valence electrons. The number of tetrazole rings is 2. The van der Waals surface area contributed by atoms with E-state index in [4.69, 9.17) is 0 Å². The first-order valence-corrected chi connectivity index (χ1v) is 9.20. The van der Waals surface area contributed by atoms with E-state index in [1.807, 2.05) is 14.1 Å². The third kappa shape index (κ3) is 4.36. The highest BCUT2D eigenvalue weighted by molar-refractivity contribution is 4.94. The van der Waals surface area contributed by atoms with Crippen molar-refractivity contribution in [3.05, 3.63) is 11.6 Å². The fourth-order valence-electron chi connectivity index (χ4n) is 3.77. The summed E-state index contributed by atoms with van der Waals surface area (Å²) < 4.78 is 1.80. The highest BCUT2D eigenvalue weighted by Crippen LogP contribution is 2.31. The minimum Gasteiger partial charge on any atom is -0.232 e. The van der Waals surface area contributed by atoms with Gasteiger partial charge < -0.3 is 0 Å². The molecule has 0 atom stereocenters. The van der Waals surface area contributed by atoms with Crippen LogP contribution in [0.5, 0.6) is 0 Å². The van der Waals surface area contributed by atoms with E-state index in [0.717, 1.165) is 11.6 Å². The van der Waals surface area contributed by atoms with Gasteiger partial charge in [0.05, 0.1) is 7.05 Å². The fourth-order valence-corrected chi connectivity index (χ4v) is 3.77. The van der Waals surface area contributed by atoms with Gasteiger partial charge in [-0.05, 0) is 41.3 Å². The maximum atomic E-state index is 4.23. The van der Waals surface area contributed by atoms with Crippen LogP contribution < -0.4 is 0 Å². The number of rotatable bonds is 2. The molecule has 24 heavy (non-hydrogen) atoms. The van der Waals surface area contributed by atoms with E-state index in [0.29, 0.717) is 11.8 Å². The molecule has 2 aliphatic rings. The summed E-state index contributed by atoms with van der Waals surface area (Å²) in [5.74, 6) is 3.19. The highest BCUT2D eigenvalue weighted by Gasteiger charge is 2.20. The Kier molecular flexibility index (Phi) is 5.87. The first-order chi connectivity index (χ1) is 11.7. The van der Waals surface area contributed by atoms with Crippen molar-refractivity contribution >= 4 is 0 Å². The van der Waals surface area contributed by atoms with Crippen molar-refractivity contribution in [2.45, 2.75) is 76.0 Å². The van der Waals surface area contributed by atoms with Crippen LogP contribution in [0.4, 0.5) is 0 Å². The maximum absolute atomic E-state index is 4.23. The summed E-state index contributed by atoms with van der Waals surface area (Å²) in [6.07, 6.45) is 13.1. The predicted octanol–water partition coefficient (Wildman–Crippen LogP) is 2.52. The second-order valence-corrected chi connectivity index (χ2v) is 6.97. The van der Waals surface area contributed by atoms with E-state index in [1.54, 1.807) is 9.48 Å². The zero-order valence-corrected chi connectivity index (χ0v) is 14.8. The molecular weight excluding hydrogens is 304 g/mol. The monoisotopic (exact) mass is 332 g/mol. The molecule has 0 aromatic carbocycles. The zero-order chi connectivity index (χ0) is 16.8. The number of nitrogens with zero attached hydrogens (tertiary/aromatic N) is 8. The van der Waals surface area contributed by atoms with E-state index < -0.39 is 0 Å². The van der Waals surface area contributed by atoms with Gasteiger partial charge in [0.2, 0.25) is 0 Å². The van der Waals surface area contributed by atoms with Gasteiger partial charge in [0.15, 0.2) is 11.6 Å². The van der Waals surface area contributed by atoms with Crippen LogP contribution in [0, 0.1) is 0 Å². The van der Waals surface area contributed by atoms with Crippen molar-refractivity contribution < 1.29 is 0 Å². The van der Waals surface area contributed by atoms with Gasteiger partial charge in [-0.15, -0.1) is 15.3 Å². The van der Waals surface area contributed by atoms with Gasteiger partial charge in [0.1, 0.15) is 0 Å². The normalized spacial score (nSPS) is 19.8. The summed E-state index contributed by atoms with van der Waals surface area (Å²) in [6.45, 7) is 0. The van der Waals surface area contributed by atoms with Gasteiger partial charge >= 0.3 is 0 Å². The molecule has 2 aliphatic carbocycles. The summed E-state index contributed by atoms with van der Waals surface area (Å²) in [5, 5.41) is 23.7. The van der Waals surface area contributed by atoms with Crippen molar-refractivity contribution in [2.75, 3.05) is 0 Å². The lowest BCUT2D eigenvalue weighted by molar-refractivity contribution is 0.417. The van der Waals surface area contributed by atoms with Gasteiger partial charge in [-0.2, -0.15) is 4.80 Å². The van der Waals surface area contributed by atoms with Crippen LogP contribution in [0.3, 0.4) is 0 Å². The molecule has 0 bridgehead atoms. The molecule has 2 fully saturated rings. The lowest BCUT2D eigenvalue weighted by atomic mass is 9.89. The summed E-state index contributed by atoms with van der Waals surface area (Å²) in [4.78, 5) is 1.55. The summed E-state index contributed by atoms with van der Waals surface area (Å²) >= 11 is 0. The number of aryl methyl sites for hydroxylation is 2. The average molecular weight is 332 g/mol. The second-order valence-electron chi connectivity index (χ2n) is 6.97. The zero-order valence-electron chi connectivity index (χ0n) is 14.8. The molecule has 0 unspecified atom stereocenters. The Morgan fingerprint density at radius 2 is 1.38 bits per heavy atom. The Hall–Kier alpha value is -1.86. The summed E-state index contributed by atoms with van der Waals surface area (Å²) in [7, 11) is 3.74. The molecule has 8 nitrogen and oxygen atoms in total. The highest BCUT2D eigenvalue weighted by atomic mass is 15.6. The van der Waals surface area contributed by atoms with Crippen molar-refractivity contribution in [1.29, 1.82) is 0 Å². The molecule has 8 heteroatoms. The van der Waals surface area contributed by atoms with Gasteiger partial charge in [-0.25, -0.2) is 4.68 Å². The van der Waals surface area contributed by atoms with Gasteiger partial charge in [0, 0.05) is 18.9 Å². The first-order valence-electron chi connectivity index (χ1n) is 9.20. The molecule has 2 saturated carbocycles. The molecule has 4 rings (SSSR count). The van der Waals surface area contributed by atoms with Gasteiger partial charge in [-0.3, -0.25) is 0 Å². The summed E-state index contributed by atoms with van der Waals surface area (Å²) in [6, 6.07) is 0. The minimum atomic E-state index is 0.576. The molecule has 0 aliphatic heterocycles. The Labute approximate surface area is 143 Å². The molecule has 0 amide bonds. The Morgan fingerprint density at radius 1 is 0.750 bits per heavy atom. The average Bonchev–Trinajstić information content (AvgIpc) is 3.25. The van der Waals surface area contributed by atoms with Crippen LogP contribution in [0.2, 0.25) is 0 Å². The predicted molar refractivity (Wildman–Crippen MR) is 89.2 cm³/mol. The van der Waals surface area contributed by atoms with Crippen LogP contribution >= 0.6 is 0 Å². The molecule has 0 radical (unpaired) electrons. The second kappa shape index (κ2) is 8.30. The van der Waals surface area contributed by atoms with E-state index in [-0.39, 0.29) is 0 Å². The van der Waals surface area contributed by atoms with Gasteiger partial charge in [0.25, 0.3) is 0 Å². The third-order valence-corrected chi connectivity index (χ3v) is 5.12. The van der Waals surface area contributed by atoms with Crippen LogP contribution in [0.25, 0.3) is 0 Å². The van der Waals surface area contributed by atoms with E-state index in [9.17, 15) is 0 Å². The molecular formula is C16H28N8. The Balaban J connectivity index is 0.000000141. The lowest BCUT2D eigenvalue weighted by Crippen LogP contribution is -2.10. The minimum absolute atomic E-state index is 0.576. The van der Waals surface area contributed by atoms with Crippen molar-refractivity contribution in [2.24, 2.45) is 14.1 Å². The lowest BCUT2D eigenvalue weighted by Gasteiger charge is -2.19. The largest absolute Gasteiger partial charge is 0.232 e. The Morgan fingerprint density at radius 3 is 1.88 bits per heavy atom. The van der Waals surface area contributed by atoms with Crippen molar-refractivity contribution in [3.63, 3.8) is 0 Å². The van der Waals surface area contributed by atoms with Crippen LogP contribution in [0.15, 0.2) is 0 Å². The first kappa shape index (κ1) is 17.0. The quantitative estimate of drug-likeness (QED) is 0.840. The van der Waals surface area contributed by atoms with Gasteiger partial charge in [-0.1, -0.05) is 38.5 Å². The number of hydrogen-bond acceptors (Lipinski definition) is 6. The SMILES string of the molecule is Cn1nnc(C2CCCCC2)n1.Cn1nnnc1C1CCCCC1. The van der Waals surface area contributed by atoms with Crippen molar-refractivity contribution in [3.8, 4) is 0 Å². The van der Waals surface area contributed by atoms with Crippen molar-refractivity contribution in [1.82, 2.24) is 40.4 Å². The van der Waals surface area contributed by atoms with Crippen LogP contribution in [-0.4, -0.2) is 40.4 Å².